The predicted octanol–water partition coefficient (Wildman–Crippen LogP) is 7.20. The third kappa shape index (κ3) is 15.0. The average molecular weight is 480 g/mol. The molecule has 0 radical (unpaired) electrons. The topological polar surface area (TPSA) is 99.0 Å². The summed E-state index contributed by atoms with van der Waals surface area (Å²) in [6.45, 7) is 4.06. The fourth-order valence-corrected chi connectivity index (χ4v) is 4.07. The molecule has 34 heavy (non-hydrogen) atoms. The van der Waals surface area contributed by atoms with E-state index in [0.29, 0.717) is 19.6 Å². The molecule has 0 saturated carbocycles. The molecule has 196 valence electrons. The molecule has 1 amide bonds. The van der Waals surface area contributed by atoms with Crippen molar-refractivity contribution in [2.45, 2.75) is 116 Å². The van der Waals surface area contributed by atoms with Crippen molar-refractivity contribution < 1.29 is 24.9 Å². The lowest BCUT2D eigenvalue weighted by atomic mass is 10.0. The number of carbonyl (C=O) groups is 1. The number of ether oxygens (including phenoxy) is 1. The quantitative estimate of drug-likeness (QED) is 0.104. The molecule has 1 aromatic carbocycles. The monoisotopic (exact) mass is 479 g/mol. The van der Waals surface area contributed by atoms with E-state index >= 15 is 0 Å². The number of phenolic OH excluding ortho intramolecular Hbond substituents is 3. The average Bonchev–Trinajstić information content (AvgIpc) is 2.83. The number of phenols is 3. The molecular formula is C28H49NO5. The lowest BCUT2D eigenvalue weighted by Crippen LogP contribution is -2.25. The number of carbonyl (C=O) groups excluding carboxylic acids is 1. The van der Waals surface area contributed by atoms with Crippen LogP contribution in [0.3, 0.4) is 0 Å². The van der Waals surface area contributed by atoms with Gasteiger partial charge in [0.2, 0.25) is 0 Å². The summed E-state index contributed by atoms with van der Waals surface area (Å²) in [7, 11) is 0. The van der Waals surface area contributed by atoms with E-state index in [2.05, 4.69) is 12.2 Å². The third-order valence-corrected chi connectivity index (χ3v) is 6.23. The molecule has 0 unspecified atom stereocenters. The molecule has 0 heterocycles. The number of hydrogen-bond acceptors (Lipinski definition) is 5. The summed E-state index contributed by atoms with van der Waals surface area (Å²) in [6, 6.07) is 2.25. The number of benzene rings is 1. The summed E-state index contributed by atoms with van der Waals surface area (Å²) < 4.78 is 5.63. The molecule has 6 heteroatoms. The van der Waals surface area contributed by atoms with Crippen molar-refractivity contribution >= 4 is 5.91 Å². The van der Waals surface area contributed by atoms with E-state index in [1.54, 1.807) is 0 Å². The molecule has 4 N–H and O–H groups in total. The van der Waals surface area contributed by atoms with Gasteiger partial charge in [0.15, 0.2) is 17.2 Å². The van der Waals surface area contributed by atoms with E-state index in [9.17, 15) is 20.1 Å². The molecule has 0 aliphatic heterocycles. The predicted molar refractivity (Wildman–Crippen MR) is 139 cm³/mol. The van der Waals surface area contributed by atoms with Crippen molar-refractivity contribution in [2.75, 3.05) is 19.8 Å². The number of nitrogens with one attached hydrogen (secondary N) is 1. The number of unbranched alkanes of at least 4 members (excludes halogenated alkanes) is 15. The molecule has 6 nitrogen and oxygen atoms in total. The summed E-state index contributed by atoms with van der Waals surface area (Å²) in [5.74, 6) is -2.08. The highest BCUT2D eigenvalue weighted by Gasteiger charge is 2.12. The van der Waals surface area contributed by atoms with Gasteiger partial charge in [0.05, 0.1) is 0 Å². The van der Waals surface area contributed by atoms with E-state index in [1.807, 2.05) is 0 Å². The van der Waals surface area contributed by atoms with Gasteiger partial charge in [0, 0.05) is 25.3 Å². The fourth-order valence-electron chi connectivity index (χ4n) is 4.07. The zero-order valence-electron chi connectivity index (χ0n) is 21.5. The molecule has 0 fully saturated rings. The maximum absolute atomic E-state index is 12.0. The normalized spacial score (nSPS) is 11.1. The second-order valence-corrected chi connectivity index (χ2v) is 9.39. The Kier molecular flexibility index (Phi) is 18.1. The molecule has 0 aliphatic rings. The van der Waals surface area contributed by atoms with Gasteiger partial charge in [-0.1, -0.05) is 103 Å². The highest BCUT2D eigenvalue weighted by atomic mass is 16.5. The Bertz CT molecular complexity index is 627. The third-order valence-electron chi connectivity index (χ3n) is 6.23. The van der Waals surface area contributed by atoms with Gasteiger partial charge in [-0.25, -0.2) is 0 Å². The van der Waals surface area contributed by atoms with Crippen molar-refractivity contribution in [1.82, 2.24) is 5.32 Å². The van der Waals surface area contributed by atoms with Crippen LogP contribution in [-0.2, 0) is 4.74 Å². The second-order valence-electron chi connectivity index (χ2n) is 9.39. The zero-order valence-corrected chi connectivity index (χ0v) is 21.5. The molecular weight excluding hydrogens is 430 g/mol. The Morgan fingerprint density at radius 2 is 1.09 bits per heavy atom. The summed E-state index contributed by atoms with van der Waals surface area (Å²) in [5, 5.41) is 31.0. The van der Waals surface area contributed by atoms with Crippen LogP contribution in [0.2, 0.25) is 0 Å². The van der Waals surface area contributed by atoms with Crippen molar-refractivity contribution in [3.05, 3.63) is 17.7 Å². The summed E-state index contributed by atoms with van der Waals surface area (Å²) in [5.41, 5.74) is 0.0990. The number of rotatable bonds is 22. The number of hydrogen-bond donors (Lipinski definition) is 4. The molecule has 0 saturated heterocycles. The highest BCUT2D eigenvalue weighted by Crippen LogP contribution is 2.35. The van der Waals surface area contributed by atoms with Crippen molar-refractivity contribution in [1.29, 1.82) is 0 Å². The van der Waals surface area contributed by atoms with Crippen LogP contribution in [0.1, 0.15) is 126 Å². The first-order valence-corrected chi connectivity index (χ1v) is 13.7. The van der Waals surface area contributed by atoms with E-state index in [0.717, 1.165) is 25.2 Å². The maximum Gasteiger partial charge on any atom is 0.251 e. The summed E-state index contributed by atoms with van der Waals surface area (Å²) >= 11 is 0. The first-order valence-electron chi connectivity index (χ1n) is 13.7. The van der Waals surface area contributed by atoms with E-state index in [4.69, 9.17) is 4.74 Å². The van der Waals surface area contributed by atoms with Crippen LogP contribution in [0.5, 0.6) is 17.2 Å². The molecule has 0 aromatic heterocycles. The molecule has 0 aliphatic carbocycles. The van der Waals surface area contributed by atoms with E-state index < -0.39 is 23.2 Å². The first-order chi connectivity index (χ1) is 16.6. The lowest BCUT2D eigenvalue weighted by Gasteiger charge is -2.08. The zero-order chi connectivity index (χ0) is 24.9. The largest absolute Gasteiger partial charge is 0.504 e. The van der Waals surface area contributed by atoms with Crippen molar-refractivity contribution in [3.63, 3.8) is 0 Å². The van der Waals surface area contributed by atoms with Crippen LogP contribution in [0.25, 0.3) is 0 Å². The Labute approximate surface area is 207 Å². The summed E-state index contributed by atoms with van der Waals surface area (Å²) in [4.78, 5) is 12.0. The van der Waals surface area contributed by atoms with Crippen molar-refractivity contribution in [3.8, 4) is 17.2 Å². The maximum atomic E-state index is 12.0. The molecule has 1 rings (SSSR count). The van der Waals surface area contributed by atoms with Crippen LogP contribution < -0.4 is 5.32 Å². The van der Waals surface area contributed by atoms with Gasteiger partial charge in [0.25, 0.3) is 5.91 Å². The Hall–Kier alpha value is -1.95. The smallest absolute Gasteiger partial charge is 0.251 e. The van der Waals surface area contributed by atoms with E-state index in [1.165, 1.54) is 96.3 Å². The number of aromatic hydroxyl groups is 3. The van der Waals surface area contributed by atoms with Crippen LogP contribution >= 0.6 is 0 Å². The SMILES string of the molecule is CCCCCCCCCCCCCCCCCCOCCCNC(=O)c1cc(O)c(O)c(O)c1. The minimum Gasteiger partial charge on any atom is -0.504 e. The van der Waals surface area contributed by atoms with Crippen LogP contribution in [0.15, 0.2) is 12.1 Å². The van der Waals surface area contributed by atoms with Gasteiger partial charge < -0.3 is 25.4 Å². The van der Waals surface area contributed by atoms with Crippen LogP contribution in [0.4, 0.5) is 0 Å². The second kappa shape index (κ2) is 20.4. The lowest BCUT2D eigenvalue weighted by molar-refractivity contribution is 0.0939. The van der Waals surface area contributed by atoms with Crippen LogP contribution in [0, 0.1) is 0 Å². The Balaban J connectivity index is 1.81. The van der Waals surface area contributed by atoms with Gasteiger partial charge in [-0.3, -0.25) is 4.79 Å². The van der Waals surface area contributed by atoms with Gasteiger partial charge in [-0.15, -0.1) is 0 Å². The molecule has 0 bridgehead atoms. The van der Waals surface area contributed by atoms with Gasteiger partial charge in [-0.05, 0) is 25.0 Å². The first kappa shape index (κ1) is 30.1. The Morgan fingerprint density at radius 1 is 0.676 bits per heavy atom. The Morgan fingerprint density at radius 3 is 1.56 bits per heavy atom. The molecule has 0 spiro atoms. The number of amides is 1. The van der Waals surface area contributed by atoms with Crippen LogP contribution in [-0.4, -0.2) is 41.0 Å². The van der Waals surface area contributed by atoms with Gasteiger partial charge >= 0.3 is 0 Å². The highest BCUT2D eigenvalue weighted by molar-refractivity contribution is 5.95. The molecule has 1 aromatic rings. The van der Waals surface area contributed by atoms with E-state index in [-0.39, 0.29) is 5.56 Å². The fraction of sp³-hybridized carbons (Fsp3) is 0.750. The minimum absolute atomic E-state index is 0.0990. The van der Waals surface area contributed by atoms with Gasteiger partial charge in [-0.2, -0.15) is 0 Å². The summed E-state index contributed by atoms with van der Waals surface area (Å²) in [6.07, 6.45) is 22.4. The van der Waals surface area contributed by atoms with Crippen molar-refractivity contribution in [2.24, 2.45) is 0 Å². The standard InChI is InChI=1S/C28H49NO5/c1-2-3-4-5-6-7-8-9-10-11-12-13-14-15-16-17-20-34-21-18-19-29-28(33)24-22-25(30)27(32)26(31)23-24/h22-23,30-32H,2-21H2,1H3,(H,29,33). The van der Waals surface area contributed by atoms with Gasteiger partial charge in [0.1, 0.15) is 0 Å². The minimum atomic E-state index is -0.626. The molecule has 0 atom stereocenters.